The van der Waals surface area contributed by atoms with Gasteiger partial charge in [-0.3, -0.25) is 9.69 Å². The molecular weight excluding hydrogens is 721 g/mol. The molecule has 14 heteroatoms. The molecule has 4 aliphatic heterocycles. The van der Waals surface area contributed by atoms with Gasteiger partial charge in [-0.1, -0.05) is 12.0 Å². The maximum atomic E-state index is 17.7. The van der Waals surface area contributed by atoms with Crippen molar-refractivity contribution in [3.63, 3.8) is 0 Å². The Morgan fingerprint density at radius 1 is 1.09 bits per heavy atom. The number of ether oxygens (including phenoxy) is 1. The lowest BCUT2D eigenvalue weighted by Gasteiger charge is -2.42. The summed E-state index contributed by atoms with van der Waals surface area (Å²) in [7, 11) is 0. The van der Waals surface area contributed by atoms with Crippen molar-refractivity contribution in [2.45, 2.75) is 75.2 Å². The first-order valence-corrected chi connectivity index (χ1v) is 18.7. The predicted octanol–water partition coefficient (Wildman–Crippen LogP) is 7.26. The van der Waals surface area contributed by atoms with Gasteiger partial charge >= 0.3 is 6.01 Å². The summed E-state index contributed by atoms with van der Waals surface area (Å²) in [5, 5.41) is 12.1. The number of alkyl halides is 3. The van der Waals surface area contributed by atoms with Crippen molar-refractivity contribution in [3.8, 4) is 35.2 Å². The molecule has 284 valence electrons. The van der Waals surface area contributed by atoms with Crippen LogP contribution in [-0.2, 0) is 4.79 Å². The van der Waals surface area contributed by atoms with E-state index in [2.05, 4.69) is 15.8 Å². The van der Waals surface area contributed by atoms with Crippen molar-refractivity contribution in [2.24, 2.45) is 5.92 Å². The molecule has 55 heavy (non-hydrogen) atoms. The summed E-state index contributed by atoms with van der Waals surface area (Å²) in [6.45, 7) is 3.31. The van der Waals surface area contributed by atoms with Crippen LogP contribution < -0.4 is 9.64 Å². The maximum Gasteiger partial charge on any atom is 0.319 e. The quantitative estimate of drug-likeness (QED) is 0.143. The highest BCUT2D eigenvalue weighted by Gasteiger charge is 2.64. The van der Waals surface area contributed by atoms with Crippen LogP contribution in [0.5, 0.6) is 11.8 Å². The summed E-state index contributed by atoms with van der Waals surface area (Å²) in [5.74, 6) is -3.50. The monoisotopic (exact) mass is 757 g/mol. The molecule has 3 unspecified atom stereocenters. The molecule has 5 atom stereocenters. The van der Waals surface area contributed by atoms with Gasteiger partial charge in [-0.2, -0.15) is 9.97 Å². The molecule has 5 aromatic rings. The van der Waals surface area contributed by atoms with Gasteiger partial charge in [0.05, 0.1) is 22.1 Å². The van der Waals surface area contributed by atoms with E-state index in [0.717, 1.165) is 19.4 Å². The SMILES string of the molecule is C#Cc1c(F)ccc2cc(O)cc(-c3c(F)c4nc(OC[C@@]56CCCN5C[C@H](F)C6)nc(N5CC6CCC(C5)N6C(=O)C5CC5(F)F)c4c4cc(C)oc34)c12. The lowest BCUT2D eigenvalue weighted by atomic mass is 9.91. The summed E-state index contributed by atoms with van der Waals surface area (Å²) in [4.78, 5) is 28.5. The molecule has 4 saturated heterocycles. The van der Waals surface area contributed by atoms with Crippen LogP contribution in [0.1, 0.15) is 49.8 Å². The lowest BCUT2D eigenvalue weighted by molar-refractivity contribution is -0.138. The molecule has 1 amide bonds. The molecule has 1 aliphatic carbocycles. The molecule has 0 spiro atoms. The van der Waals surface area contributed by atoms with Gasteiger partial charge < -0.3 is 24.1 Å². The first-order valence-electron chi connectivity index (χ1n) is 18.7. The zero-order valence-electron chi connectivity index (χ0n) is 29.8. The minimum absolute atomic E-state index is 0.0744. The van der Waals surface area contributed by atoms with E-state index >= 15 is 8.78 Å². The van der Waals surface area contributed by atoms with E-state index in [1.807, 2.05) is 4.90 Å². The number of aryl methyl sites for hydroxylation is 1. The molecule has 2 aromatic heterocycles. The molecule has 1 saturated carbocycles. The van der Waals surface area contributed by atoms with Crippen molar-refractivity contribution < 1.29 is 41.0 Å². The summed E-state index contributed by atoms with van der Waals surface area (Å²) < 4.78 is 88.2. The summed E-state index contributed by atoms with van der Waals surface area (Å²) in [6, 6.07) is 6.19. The van der Waals surface area contributed by atoms with Crippen molar-refractivity contribution >= 4 is 44.4 Å². The highest BCUT2D eigenvalue weighted by molar-refractivity contribution is 6.18. The molecule has 0 radical (unpaired) electrons. The Bertz CT molecular complexity index is 2500. The van der Waals surface area contributed by atoms with Gasteiger partial charge in [0.15, 0.2) is 5.82 Å². The Balaban J connectivity index is 1.16. The predicted molar refractivity (Wildman–Crippen MR) is 194 cm³/mol. The number of halogens is 5. The summed E-state index contributed by atoms with van der Waals surface area (Å²) in [5.41, 5.74) is -0.742. The molecular formula is C41H36F5N5O4. The van der Waals surface area contributed by atoms with Crippen LogP contribution >= 0.6 is 0 Å². The highest BCUT2D eigenvalue weighted by atomic mass is 19.3. The maximum absolute atomic E-state index is 17.7. The van der Waals surface area contributed by atoms with Gasteiger partial charge in [0, 0.05) is 60.9 Å². The number of aromatic hydroxyl groups is 1. The first kappa shape index (κ1) is 34.3. The molecule has 5 aliphatic rings. The largest absolute Gasteiger partial charge is 0.508 e. The van der Waals surface area contributed by atoms with Gasteiger partial charge in [0.2, 0.25) is 5.91 Å². The second kappa shape index (κ2) is 11.9. The van der Waals surface area contributed by atoms with E-state index in [1.54, 1.807) is 17.9 Å². The van der Waals surface area contributed by atoms with E-state index in [0.29, 0.717) is 53.5 Å². The van der Waals surface area contributed by atoms with Crippen molar-refractivity contribution in [2.75, 3.05) is 37.7 Å². The Morgan fingerprint density at radius 2 is 1.85 bits per heavy atom. The number of fused-ring (bicyclic) bond motifs is 7. The third-order valence-corrected chi connectivity index (χ3v) is 12.5. The van der Waals surface area contributed by atoms with Crippen LogP contribution in [0.4, 0.5) is 27.8 Å². The number of hydrogen-bond donors (Lipinski definition) is 1. The van der Waals surface area contributed by atoms with Gasteiger partial charge in [0.1, 0.15) is 52.9 Å². The number of rotatable bonds is 6. The second-order valence-corrected chi connectivity index (χ2v) is 15.9. The number of phenolic OH excluding ortho intramolecular Hbond substituents is 1. The number of carbonyl (C=O) groups excluding carboxylic acids is 1. The fraction of sp³-hybridized carbons (Fsp3) is 0.439. The van der Waals surface area contributed by atoms with Crippen LogP contribution in [0.25, 0.3) is 43.8 Å². The number of carbonyl (C=O) groups is 1. The number of piperazine rings is 1. The molecule has 5 fully saturated rings. The van der Waals surface area contributed by atoms with E-state index < -0.39 is 47.5 Å². The van der Waals surface area contributed by atoms with Crippen LogP contribution in [0.3, 0.4) is 0 Å². The number of furan rings is 1. The Labute approximate surface area is 312 Å². The van der Waals surface area contributed by atoms with Gasteiger partial charge in [-0.05, 0) is 68.8 Å². The number of terminal acetylenes is 1. The second-order valence-electron chi connectivity index (χ2n) is 15.9. The molecule has 2 bridgehead atoms. The number of nitrogens with zero attached hydrogens (tertiary/aromatic N) is 5. The fourth-order valence-electron chi connectivity index (χ4n) is 9.98. The molecule has 10 rings (SSSR count). The Morgan fingerprint density at radius 3 is 2.58 bits per heavy atom. The number of hydrogen-bond acceptors (Lipinski definition) is 8. The van der Waals surface area contributed by atoms with Crippen LogP contribution in [-0.4, -0.2) is 93.3 Å². The van der Waals surface area contributed by atoms with E-state index in [9.17, 15) is 23.1 Å². The minimum atomic E-state index is -2.99. The van der Waals surface area contributed by atoms with Crippen molar-refractivity contribution in [3.05, 3.63) is 53.3 Å². The van der Waals surface area contributed by atoms with Crippen molar-refractivity contribution in [1.29, 1.82) is 0 Å². The molecule has 9 nitrogen and oxygen atoms in total. The number of anilines is 1. The van der Waals surface area contributed by atoms with Gasteiger partial charge in [0.25, 0.3) is 5.92 Å². The van der Waals surface area contributed by atoms with Crippen LogP contribution in [0.2, 0.25) is 0 Å². The standard InChI is InChI=1S/C41H36F5N5O4/c1-3-26-30(43)8-5-21-12-25(52)13-27(31(21)26)32-34(44)35-33(28-11-20(2)55-36(28)32)37(48-39(47-35)54-19-40-9-4-10-50(40)16-22(42)14-40)49-17-23-6-7-24(18-49)51(23)38(53)29-15-41(29,45)46/h1,5,8,11-13,22-24,29,52H,4,6-7,9-10,14-19H2,2H3/t22-,23?,24?,29?,40+/m1/s1. The zero-order valence-corrected chi connectivity index (χ0v) is 29.8. The van der Waals surface area contributed by atoms with E-state index in [1.165, 1.54) is 24.3 Å². The van der Waals surface area contributed by atoms with Crippen LogP contribution in [0.15, 0.2) is 34.7 Å². The van der Waals surface area contributed by atoms with Crippen molar-refractivity contribution in [1.82, 2.24) is 19.8 Å². The third-order valence-electron chi connectivity index (χ3n) is 12.5. The lowest BCUT2D eigenvalue weighted by Crippen LogP contribution is -2.56. The Hall–Kier alpha value is -5.16. The van der Waals surface area contributed by atoms with Gasteiger partial charge in [-0.15, -0.1) is 6.42 Å². The van der Waals surface area contributed by atoms with Crippen LogP contribution in [0, 0.1) is 36.8 Å². The van der Waals surface area contributed by atoms with Gasteiger partial charge in [-0.25, -0.2) is 22.0 Å². The average Bonchev–Trinajstić information content (AvgIpc) is 3.49. The summed E-state index contributed by atoms with van der Waals surface area (Å²) >= 11 is 0. The first-order chi connectivity index (χ1) is 26.4. The number of aromatic nitrogens is 2. The normalized spacial score (nSPS) is 27.0. The smallest absolute Gasteiger partial charge is 0.319 e. The third kappa shape index (κ3) is 5.18. The highest BCUT2D eigenvalue weighted by Crippen LogP contribution is 2.52. The summed E-state index contributed by atoms with van der Waals surface area (Å²) in [6.07, 6.45) is 7.44. The number of benzene rings is 3. The molecule has 6 heterocycles. The zero-order chi connectivity index (χ0) is 38.1. The van der Waals surface area contributed by atoms with E-state index in [4.69, 9.17) is 20.6 Å². The Kier molecular flexibility index (Phi) is 7.44. The van der Waals surface area contributed by atoms with E-state index in [-0.39, 0.29) is 76.7 Å². The molecule has 3 aromatic carbocycles. The topological polar surface area (TPSA) is 95.2 Å². The number of amides is 1. The fourth-order valence-corrected chi connectivity index (χ4v) is 9.98. The minimum Gasteiger partial charge on any atom is -0.508 e. The molecule has 1 N–H and O–H groups in total. The average molecular weight is 758 g/mol. The number of phenols is 1.